The number of likely N-dealkylation sites (tertiary alicyclic amines) is 1. The number of carbonyl (C=O) groups excluding carboxylic acids is 2. The molecule has 1 atom stereocenters. The standard InChI is InChI=1S/C28H34N6O5/c1-26(2,3)39-25(36)34-12-10-28(16-34)9-11-33(15-28)22-21-18(8-13-37-21)31-24(32-22)29-17-6-7-20-19(14-17)30-23(35)27(4,5)38-20/h6-8,13-14H,9-12,15-16H2,1-5H3,(H,30,35)(H,29,31,32). The Kier molecular flexibility index (Phi) is 5.67. The highest BCUT2D eigenvalue weighted by Gasteiger charge is 2.46. The molecular formula is C28H34N6O5. The fourth-order valence-corrected chi connectivity index (χ4v) is 5.50. The van der Waals surface area contributed by atoms with Crippen molar-refractivity contribution in [2.45, 2.75) is 58.7 Å². The molecule has 3 aliphatic rings. The lowest BCUT2D eigenvalue weighted by atomic mass is 9.86. The van der Waals surface area contributed by atoms with Gasteiger partial charge in [-0.15, -0.1) is 0 Å². The minimum atomic E-state index is -0.928. The van der Waals surface area contributed by atoms with E-state index in [0.29, 0.717) is 47.3 Å². The van der Waals surface area contributed by atoms with Crippen molar-refractivity contribution < 1.29 is 23.5 Å². The normalized spacial score (nSPS) is 22.1. The second-order valence-electron chi connectivity index (χ2n) is 12.2. The van der Waals surface area contributed by atoms with Crippen LogP contribution in [0.1, 0.15) is 47.5 Å². The first-order valence-corrected chi connectivity index (χ1v) is 13.3. The molecule has 1 spiro atoms. The Bertz CT molecular complexity index is 1460. The smallest absolute Gasteiger partial charge is 0.410 e. The topological polar surface area (TPSA) is 122 Å². The van der Waals surface area contributed by atoms with E-state index in [-0.39, 0.29) is 17.4 Å². The number of carbonyl (C=O) groups is 2. The van der Waals surface area contributed by atoms with Gasteiger partial charge < -0.3 is 34.3 Å². The SMILES string of the molecule is CC(C)(C)OC(=O)N1CCC2(CCN(c3nc(Nc4ccc5c(c4)NC(=O)C(C)(C)O5)nc4ccoc34)C2)C1. The number of nitrogens with zero attached hydrogens (tertiary/aromatic N) is 4. The molecule has 5 heterocycles. The van der Waals surface area contributed by atoms with E-state index in [2.05, 4.69) is 20.5 Å². The largest absolute Gasteiger partial charge is 0.476 e. The highest BCUT2D eigenvalue weighted by molar-refractivity contribution is 6.00. The Balaban J connectivity index is 1.21. The van der Waals surface area contributed by atoms with Gasteiger partial charge in [0.1, 0.15) is 16.9 Å². The number of nitrogens with one attached hydrogen (secondary N) is 2. The lowest BCUT2D eigenvalue weighted by Gasteiger charge is -2.31. The molecule has 1 aromatic carbocycles. The van der Waals surface area contributed by atoms with Crippen molar-refractivity contribution in [1.29, 1.82) is 0 Å². The van der Waals surface area contributed by atoms with E-state index < -0.39 is 11.2 Å². The third-order valence-electron chi connectivity index (χ3n) is 7.51. The van der Waals surface area contributed by atoms with Crippen molar-refractivity contribution in [2.75, 3.05) is 41.7 Å². The van der Waals surface area contributed by atoms with Crippen LogP contribution in [-0.2, 0) is 9.53 Å². The summed E-state index contributed by atoms with van der Waals surface area (Å²) in [5.74, 6) is 1.54. The van der Waals surface area contributed by atoms with Gasteiger partial charge in [0, 0.05) is 43.3 Å². The Hall–Kier alpha value is -4.02. The zero-order valence-electron chi connectivity index (χ0n) is 23.0. The number of aromatic nitrogens is 2. The lowest BCUT2D eigenvalue weighted by Crippen LogP contribution is -2.45. The van der Waals surface area contributed by atoms with Crippen LogP contribution in [0.5, 0.6) is 5.75 Å². The molecule has 11 nitrogen and oxygen atoms in total. The second kappa shape index (κ2) is 8.75. The van der Waals surface area contributed by atoms with Crippen LogP contribution in [0, 0.1) is 5.41 Å². The molecule has 2 aromatic heterocycles. The van der Waals surface area contributed by atoms with Gasteiger partial charge in [0.05, 0.1) is 12.0 Å². The van der Waals surface area contributed by atoms with Crippen molar-refractivity contribution in [2.24, 2.45) is 5.41 Å². The van der Waals surface area contributed by atoms with E-state index in [1.54, 1.807) is 26.2 Å². The number of benzene rings is 1. The average Bonchev–Trinajstić information content (AvgIpc) is 3.59. The van der Waals surface area contributed by atoms with Crippen molar-refractivity contribution in [3.8, 4) is 5.75 Å². The number of hydrogen-bond acceptors (Lipinski definition) is 9. The molecule has 2 amide bonds. The summed E-state index contributed by atoms with van der Waals surface area (Å²) in [6.45, 7) is 12.0. The molecule has 11 heteroatoms. The monoisotopic (exact) mass is 534 g/mol. The predicted molar refractivity (Wildman–Crippen MR) is 147 cm³/mol. The second-order valence-corrected chi connectivity index (χ2v) is 12.2. The van der Waals surface area contributed by atoms with E-state index in [1.807, 2.05) is 43.9 Å². The number of fused-ring (bicyclic) bond motifs is 2. The maximum Gasteiger partial charge on any atom is 0.410 e. The van der Waals surface area contributed by atoms with E-state index in [4.69, 9.17) is 18.9 Å². The number of ether oxygens (including phenoxy) is 2. The Morgan fingerprint density at radius 3 is 2.72 bits per heavy atom. The molecule has 0 bridgehead atoms. The molecule has 6 rings (SSSR count). The zero-order chi connectivity index (χ0) is 27.6. The van der Waals surface area contributed by atoms with E-state index >= 15 is 0 Å². The summed E-state index contributed by atoms with van der Waals surface area (Å²) < 4.78 is 17.2. The van der Waals surface area contributed by atoms with Gasteiger partial charge in [-0.3, -0.25) is 4.79 Å². The third-order valence-corrected chi connectivity index (χ3v) is 7.51. The number of anilines is 4. The van der Waals surface area contributed by atoms with Crippen LogP contribution in [0.15, 0.2) is 34.9 Å². The van der Waals surface area contributed by atoms with Crippen LogP contribution in [-0.4, -0.2) is 64.2 Å². The maximum absolute atomic E-state index is 12.7. The van der Waals surface area contributed by atoms with Gasteiger partial charge in [-0.2, -0.15) is 4.98 Å². The highest BCUT2D eigenvalue weighted by Crippen LogP contribution is 2.43. The summed E-state index contributed by atoms with van der Waals surface area (Å²) >= 11 is 0. The summed E-state index contributed by atoms with van der Waals surface area (Å²) in [5.41, 5.74) is 1.17. The van der Waals surface area contributed by atoms with E-state index in [1.165, 1.54) is 0 Å². The van der Waals surface area contributed by atoms with Gasteiger partial charge in [0.2, 0.25) is 5.95 Å². The summed E-state index contributed by atoms with van der Waals surface area (Å²) in [7, 11) is 0. The van der Waals surface area contributed by atoms with Crippen molar-refractivity contribution in [1.82, 2.24) is 14.9 Å². The Morgan fingerprint density at radius 1 is 1.13 bits per heavy atom. The zero-order valence-corrected chi connectivity index (χ0v) is 23.0. The van der Waals surface area contributed by atoms with Gasteiger partial charge in [-0.25, -0.2) is 9.78 Å². The molecule has 39 heavy (non-hydrogen) atoms. The molecular weight excluding hydrogens is 500 g/mol. The first-order chi connectivity index (χ1) is 18.4. The van der Waals surface area contributed by atoms with Crippen LogP contribution >= 0.6 is 0 Å². The lowest BCUT2D eigenvalue weighted by molar-refractivity contribution is -0.129. The summed E-state index contributed by atoms with van der Waals surface area (Å²) in [6, 6.07) is 7.31. The van der Waals surface area contributed by atoms with Crippen LogP contribution < -0.4 is 20.3 Å². The van der Waals surface area contributed by atoms with Gasteiger partial charge in [-0.05, 0) is 65.7 Å². The molecule has 0 radical (unpaired) electrons. The van der Waals surface area contributed by atoms with Gasteiger partial charge in [-0.1, -0.05) is 0 Å². The fourth-order valence-electron chi connectivity index (χ4n) is 5.50. The van der Waals surface area contributed by atoms with Gasteiger partial charge in [0.25, 0.3) is 5.91 Å². The first kappa shape index (κ1) is 25.3. The van der Waals surface area contributed by atoms with E-state index in [9.17, 15) is 9.59 Å². The van der Waals surface area contributed by atoms with Gasteiger partial charge >= 0.3 is 6.09 Å². The summed E-state index contributed by atoms with van der Waals surface area (Å²) in [5, 5.41) is 6.18. The molecule has 2 saturated heterocycles. The third kappa shape index (κ3) is 4.81. The molecule has 0 aliphatic carbocycles. The van der Waals surface area contributed by atoms with Crippen LogP contribution in [0.2, 0.25) is 0 Å². The molecule has 0 saturated carbocycles. The summed E-state index contributed by atoms with van der Waals surface area (Å²) in [6.07, 6.45) is 3.23. The molecule has 2 N–H and O–H groups in total. The highest BCUT2D eigenvalue weighted by atomic mass is 16.6. The quantitative estimate of drug-likeness (QED) is 0.482. The number of rotatable bonds is 3. The maximum atomic E-state index is 12.7. The number of amides is 2. The van der Waals surface area contributed by atoms with Crippen molar-refractivity contribution in [3.05, 3.63) is 30.5 Å². The molecule has 2 fully saturated rings. The van der Waals surface area contributed by atoms with Crippen LogP contribution in [0.4, 0.5) is 27.9 Å². The van der Waals surface area contributed by atoms with Crippen LogP contribution in [0.3, 0.4) is 0 Å². The minimum absolute atomic E-state index is 0.0150. The summed E-state index contributed by atoms with van der Waals surface area (Å²) in [4.78, 5) is 38.6. The Labute approximate surface area is 226 Å². The molecule has 3 aliphatic heterocycles. The fraction of sp³-hybridized carbons (Fsp3) is 0.500. The molecule has 1 unspecified atom stereocenters. The molecule has 206 valence electrons. The molecule has 3 aromatic rings. The Morgan fingerprint density at radius 2 is 1.92 bits per heavy atom. The predicted octanol–water partition coefficient (Wildman–Crippen LogP) is 4.91. The average molecular weight is 535 g/mol. The minimum Gasteiger partial charge on any atom is -0.476 e. The van der Waals surface area contributed by atoms with Crippen molar-refractivity contribution in [3.63, 3.8) is 0 Å². The van der Waals surface area contributed by atoms with Crippen LogP contribution in [0.25, 0.3) is 11.1 Å². The number of hydrogen-bond donors (Lipinski definition) is 2. The van der Waals surface area contributed by atoms with Gasteiger partial charge in [0.15, 0.2) is 17.0 Å². The first-order valence-electron chi connectivity index (χ1n) is 13.3. The van der Waals surface area contributed by atoms with Crippen molar-refractivity contribution >= 4 is 46.2 Å². The number of furan rings is 1. The van der Waals surface area contributed by atoms with E-state index in [0.717, 1.165) is 31.7 Å².